The highest BCUT2D eigenvalue weighted by Crippen LogP contribution is 2.56. The molecule has 0 radical (unpaired) electrons. The minimum absolute atomic E-state index is 0.183. The van der Waals surface area contributed by atoms with Crippen LogP contribution in [0.5, 0.6) is 0 Å². The van der Waals surface area contributed by atoms with Gasteiger partial charge in [-0.2, -0.15) is 0 Å². The van der Waals surface area contributed by atoms with Gasteiger partial charge in [0.1, 0.15) is 6.33 Å². The fraction of sp³-hybridized carbons (Fsp3) is 0.524. The topological polar surface area (TPSA) is 68.5 Å². The van der Waals surface area contributed by atoms with E-state index in [0.717, 1.165) is 45.3 Å². The van der Waals surface area contributed by atoms with Gasteiger partial charge in [0.05, 0.1) is 6.54 Å². The molecule has 144 valence electrons. The van der Waals surface area contributed by atoms with Gasteiger partial charge in [0.25, 0.3) is 0 Å². The first-order valence-corrected chi connectivity index (χ1v) is 10.6. The van der Waals surface area contributed by atoms with Gasteiger partial charge in [0.2, 0.25) is 0 Å². The number of nitrogens with one attached hydrogen (secondary N) is 1. The monoisotopic (exact) mass is 394 g/mol. The Kier molecular flexibility index (Phi) is 3.67. The molecule has 0 aliphatic heterocycles. The Morgan fingerprint density at radius 1 is 1.04 bits per heavy atom. The second-order valence-corrected chi connectivity index (χ2v) is 9.46. The van der Waals surface area contributed by atoms with Gasteiger partial charge in [-0.05, 0) is 67.9 Å². The quantitative estimate of drug-likeness (QED) is 0.714. The molecule has 0 amide bonds. The van der Waals surface area contributed by atoms with Crippen molar-refractivity contribution in [1.29, 1.82) is 0 Å². The fourth-order valence-corrected chi connectivity index (χ4v) is 6.49. The predicted molar refractivity (Wildman–Crippen MR) is 108 cm³/mol. The third-order valence-electron chi connectivity index (χ3n) is 7.00. The summed E-state index contributed by atoms with van der Waals surface area (Å²) in [5.74, 6) is 3.48. The minimum Gasteiger partial charge on any atom is -0.363 e. The number of anilines is 1. The van der Waals surface area contributed by atoms with Crippen LogP contribution in [0.15, 0.2) is 30.6 Å². The molecular weight excluding hydrogens is 372 g/mol. The Hall–Kier alpha value is -2.21. The summed E-state index contributed by atoms with van der Waals surface area (Å²) in [6, 6.07) is 7.81. The maximum atomic E-state index is 6.32. The average Bonchev–Trinajstić information content (AvgIpc) is 3.06. The molecule has 6 nitrogen and oxygen atoms in total. The largest absolute Gasteiger partial charge is 0.363 e. The number of hydrogen-bond donors (Lipinski definition) is 1. The van der Waals surface area contributed by atoms with Crippen molar-refractivity contribution in [3.63, 3.8) is 0 Å². The molecule has 0 saturated heterocycles. The van der Waals surface area contributed by atoms with Crippen LogP contribution in [0.1, 0.15) is 44.1 Å². The van der Waals surface area contributed by atoms with E-state index in [1.807, 2.05) is 28.9 Å². The smallest absolute Gasteiger partial charge is 0.184 e. The third kappa shape index (κ3) is 2.69. The highest BCUT2D eigenvalue weighted by Gasteiger charge is 2.51. The van der Waals surface area contributed by atoms with E-state index in [4.69, 9.17) is 11.6 Å². The van der Waals surface area contributed by atoms with Crippen molar-refractivity contribution < 1.29 is 0 Å². The minimum atomic E-state index is 0.183. The van der Waals surface area contributed by atoms with Crippen molar-refractivity contribution in [3.8, 4) is 0 Å². The van der Waals surface area contributed by atoms with E-state index >= 15 is 0 Å². The summed E-state index contributed by atoms with van der Waals surface area (Å²) in [6.45, 7) is 0.546. The highest BCUT2D eigenvalue weighted by molar-refractivity contribution is 6.31. The Morgan fingerprint density at radius 3 is 2.46 bits per heavy atom. The van der Waals surface area contributed by atoms with Crippen LogP contribution in [-0.4, -0.2) is 30.5 Å². The summed E-state index contributed by atoms with van der Waals surface area (Å²) in [7, 11) is 0. The SMILES string of the molecule is Clc1ccccc1Cn1nnc2c(NC34CC5CC(CC(C5)C3)C4)ncnc21. The Balaban J connectivity index is 1.33. The Labute approximate surface area is 168 Å². The molecule has 0 unspecified atom stereocenters. The maximum absolute atomic E-state index is 6.32. The number of aromatic nitrogens is 5. The predicted octanol–water partition coefficient (Wildman–Crippen LogP) is 4.30. The van der Waals surface area contributed by atoms with Crippen molar-refractivity contribution >= 4 is 28.6 Å². The lowest BCUT2D eigenvalue weighted by Crippen LogP contribution is -2.54. The first-order chi connectivity index (χ1) is 13.7. The van der Waals surface area contributed by atoms with E-state index in [-0.39, 0.29) is 5.54 Å². The third-order valence-corrected chi connectivity index (χ3v) is 7.37. The molecule has 4 bridgehead atoms. The van der Waals surface area contributed by atoms with E-state index in [0.29, 0.717) is 6.54 Å². The zero-order valence-corrected chi connectivity index (χ0v) is 16.4. The molecular formula is C21H23ClN6. The van der Waals surface area contributed by atoms with E-state index in [9.17, 15) is 0 Å². The molecule has 4 aliphatic carbocycles. The normalized spacial score (nSPS) is 30.8. The van der Waals surface area contributed by atoms with E-state index < -0.39 is 0 Å². The number of nitrogens with zero attached hydrogens (tertiary/aromatic N) is 5. The second-order valence-electron chi connectivity index (χ2n) is 9.06. The van der Waals surface area contributed by atoms with Gasteiger partial charge in [0.15, 0.2) is 17.0 Å². The van der Waals surface area contributed by atoms with Crippen LogP contribution >= 0.6 is 11.6 Å². The average molecular weight is 395 g/mol. The summed E-state index contributed by atoms with van der Waals surface area (Å²) in [4.78, 5) is 9.02. The summed E-state index contributed by atoms with van der Waals surface area (Å²) >= 11 is 6.32. The van der Waals surface area contributed by atoms with Crippen molar-refractivity contribution in [2.45, 2.75) is 50.6 Å². The maximum Gasteiger partial charge on any atom is 0.184 e. The van der Waals surface area contributed by atoms with Gasteiger partial charge in [-0.25, -0.2) is 14.6 Å². The molecule has 4 saturated carbocycles. The summed E-state index contributed by atoms with van der Waals surface area (Å²) < 4.78 is 1.81. The molecule has 3 aromatic rings. The molecule has 4 fully saturated rings. The number of halogens is 1. The fourth-order valence-electron chi connectivity index (χ4n) is 6.29. The molecule has 28 heavy (non-hydrogen) atoms. The lowest BCUT2D eigenvalue weighted by Gasteiger charge is -2.57. The molecule has 7 heteroatoms. The Morgan fingerprint density at radius 2 is 1.75 bits per heavy atom. The van der Waals surface area contributed by atoms with Crippen molar-refractivity contribution in [2.75, 3.05) is 5.32 Å². The first-order valence-electron chi connectivity index (χ1n) is 10.2. The zero-order valence-electron chi connectivity index (χ0n) is 15.7. The van der Waals surface area contributed by atoms with Gasteiger partial charge >= 0.3 is 0 Å². The molecule has 4 aliphatic rings. The van der Waals surface area contributed by atoms with Gasteiger partial charge in [-0.3, -0.25) is 0 Å². The van der Waals surface area contributed by atoms with Crippen LogP contribution in [-0.2, 0) is 6.54 Å². The van der Waals surface area contributed by atoms with Crippen LogP contribution in [0, 0.1) is 17.8 Å². The summed E-state index contributed by atoms with van der Waals surface area (Å²) in [5, 5.41) is 13.3. The van der Waals surface area contributed by atoms with E-state index in [2.05, 4.69) is 25.6 Å². The zero-order chi connectivity index (χ0) is 18.7. The number of rotatable bonds is 4. The van der Waals surface area contributed by atoms with Crippen molar-refractivity contribution in [3.05, 3.63) is 41.2 Å². The van der Waals surface area contributed by atoms with Gasteiger partial charge in [0, 0.05) is 10.6 Å². The molecule has 7 rings (SSSR count). The summed E-state index contributed by atoms with van der Waals surface area (Å²) in [6.07, 6.45) is 9.68. The van der Waals surface area contributed by atoms with Crippen LogP contribution in [0.3, 0.4) is 0 Å². The summed E-state index contributed by atoms with van der Waals surface area (Å²) in [5.41, 5.74) is 2.69. The second kappa shape index (κ2) is 6.14. The molecule has 0 spiro atoms. The number of hydrogen-bond acceptors (Lipinski definition) is 5. The molecule has 2 aromatic heterocycles. The van der Waals surface area contributed by atoms with Gasteiger partial charge in [-0.1, -0.05) is 35.0 Å². The van der Waals surface area contributed by atoms with Crippen LogP contribution in [0.4, 0.5) is 5.82 Å². The Bertz CT molecular complexity index is 1010. The molecule has 0 atom stereocenters. The molecule has 1 aromatic carbocycles. The van der Waals surface area contributed by atoms with Crippen LogP contribution < -0.4 is 5.32 Å². The van der Waals surface area contributed by atoms with Crippen LogP contribution in [0.25, 0.3) is 11.2 Å². The molecule has 2 heterocycles. The van der Waals surface area contributed by atoms with Crippen molar-refractivity contribution in [2.24, 2.45) is 17.8 Å². The molecule has 1 N–H and O–H groups in total. The standard InChI is InChI=1S/C21H23ClN6/c22-17-4-2-1-3-16(17)11-28-20-18(26-27-28)19(23-12-24-20)25-21-8-13-5-14(9-21)7-15(6-13)10-21/h1-4,12-15H,5-11H2,(H,23,24,25). The van der Waals surface area contributed by atoms with E-state index in [1.165, 1.54) is 38.5 Å². The van der Waals surface area contributed by atoms with Gasteiger partial charge in [-0.15, -0.1) is 5.10 Å². The number of benzene rings is 1. The first kappa shape index (κ1) is 16.7. The lowest BCUT2D eigenvalue weighted by molar-refractivity contribution is 0.0106. The lowest BCUT2D eigenvalue weighted by atomic mass is 9.53. The number of fused-ring (bicyclic) bond motifs is 1. The van der Waals surface area contributed by atoms with Gasteiger partial charge < -0.3 is 5.32 Å². The van der Waals surface area contributed by atoms with E-state index in [1.54, 1.807) is 6.33 Å². The van der Waals surface area contributed by atoms with Crippen LogP contribution in [0.2, 0.25) is 5.02 Å². The van der Waals surface area contributed by atoms with Crippen molar-refractivity contribution in [1.82, 2.24) is 25.0 Å². The highest BCUT2D eigenvalue weighted by atomic mass is 35.5.